The molecule has 1 aliphatic rings. The zero-order valence-corrected chi connectivity index (χ0v) is 17.4. The summed E-state index contributed by atoms with van der Waals surface area (Å²) in [5.41, 5.74) is 2.53. The molecule has 1 saturated heterocycles. The van der Waals surface area contributed by atoms with Crippen LogP contribution < -0.4 is 5.32 Å². The molecule has 1 aromatic heterocycles. The first-order chi connectivity index (χ1) is 14.5. The molecule has 30 heavy (non-hydrogen) atoms. The highest BCUT2D eigenvalue weighted by atomic mass is 35.5. The summed E-state index contributed by atoms with van der Waals surface area (Å²) < 4.78 is 5.27. The van der Waals surface area contributed by atoms with E-state index in [2.05, 4.69) is 10.5 Å². The van der Waals surface area contributed by atoms with Crippen LogP contribution >= 0.6 is 11.6 Å². The van der Waals surface area contributed by atoms with Crippen molar-refractivity contribution in [3.05, 3.63) is 76.5 Å². The first kappa shape index (κ1) is 20.2. The second-order valence-electron chi connectivity index (χ2n) is 7.48. The predicted octanol–water partition coefficient (Wildman–Crippen LogP) is 4.08. The van der Waals surface area contributed by atoms with Gasteiger partial charge in [-0.05, 0) is 18.6 Å². The zero-order valence-electron chi connectivity index (χ0n) is 16.6. The van der Waals surface area contributed by atoms with Gasteiger partial charge < -0.3 is 14.7 Å². The van der Waals surface area contributed by atoms with Gasteiger partial charge in [-0.1, -0.05) is 65.3 Å². The minimum absolute atomic E-state index is 0.0640. The van der Waals surface area contributed by atoms with Gasteiger partial charge in [0, 0.05) is 37.5 Å². The fraction of sp³-hybridized carbons (Fsp3) is 0.261. The predicted molar refractivity (Wildman–Crippen MR) is 114 cm³/mol. The van der Waals surface area contributed by atoms with Crippen LogP contribution in [0.2, 0.25) is 5.02 Å². The molecule has 1 N–H and O–H groups in total. The lowest BCUT2D eigenvalue weighted by Gasteiger charge is -2.17. The van der Waals surface area contributed by atoms with Crippen LogP contribution in [0.25, 0.3) is 11.3 Å². The van der Waals surface area contributed by atoms with E-state index >= 15 is 0 Å². The van der Waals surface area contributed by atoms with Gasteiger partial charge in [0.1, 0.15) is 17.0 Å². The summed E-state index contributed by atoms with van der Waals surface area (Å²) in [5.74, 6) is 0.318. The maximum Gasteiger partial charge on any atom is 0.257 e. The summed E-state index contributed by atoms with van der Waals surface area (Å²) in [6, 6.07) is 17.1. The molecule has 0 bridgehead atoms. The third-order valence-electron chi connectivity index (χ3n) is 5.28. The minimum atomic E-state index is -0.280. The number of carbonyl (C=O) groups excluding carboxylic acids is 2. The average Bonchev–Trinajstić information content (AvgIpc) is 3.29. The summed E-state index contributed by atoms with van der Waals surface area (Å²) in [6.45, 7) is 3.31. The van der Waals surface area contributed by atoms with E-state index < -0.39 is 0 Å². The van der Waals surface area contributed by atoms with Crippen molar-refractivity contribution in [2.75, 3.05) is 13.1 Å². The fourth-order valence-corrected chi connectivity index (χ4v) is 3.97. The van der Waals surface area contributed by atoms with Crippen molar-refractivity contribution in [1.82, 2.24) is 15.4 Å². The SMILES string of the molecule is Cc1onc(-c2ccccc2Cl)c1C(=O)NCC1CC(=O)N(Cc2ccccc2)C1. The zero-order chi connectivity index (χ0) is 21.1. The van der Waals surface area contributed by atoms with Crippen LogP contribution in [-0.4, -0.2) is 35.0 Å². The van der Waals surface area contributed by atoms with Crippen LogP contribution in [0.4, 0.5) is 0 Å². The number of likely N-dealkylation sites (tertiary alicyclic amines) is 1. The first-order valence-electron chi connectivity index (χ1n) is 9.84. The summed E-state index contributed by atoms with van der Waals surface area (Å²) in [6.07, 6.45) is 0.424. The average molecular weight is 424 g/mol. The molecule has 2 heterocycles. The second kappa shape index (κ2) is 8.71. The highest BCUT2D eigenvalue weighted by Crippen LogP contribution is 2.31. The van der Waals surface area contributed by atoms with Gasteiger partial charge in [-0.25, -0.2) is 0 Å². The minimum Gasteiger partial charge on any atom is -0.360 e. The van der Waals surface area contributed by atoms with Gasteiger partial charge >= 0.3 is 0 Å². The fourth-order valence-electron chi connectivity index (χ4n) is 3.75. The molecular weight excluding hydrogens is 402 g/mol. The Morgan fingerprint density at radius 3 is 2.70 bits per heavy atom. The van der Waals surface area contributed by atoms with Crippen molar-refractivity contribution in [1.29, 1.82) is 0 Å². The number of rotatable bonds is 6. The molecule has 1 aliphatic heterocycles. The largest absolute Gasteiger partial charge is 0.360 e. The van der Waals surface area contributed by atoms with E-state index in [0.717, 1.165) is 5.56 Å². The van der Waals surface area contributed by atoms with Gasteiger partial charge in [0.2, 0.25) is 5.91 Å². The number of aryl methyl sites for hydroxylation is 1. The Labute approximate surface area is 179 Å². The van der Waals surface area contributed by atoms with Gasteiger partial charge in [0.15, 0.2) is 0 Å². The molecule has 6 nitrogen and oxygen atoms in total. The van der Waals surface area contributed by atoms with Crippen LogP contribution in [-0.2, 0) is 11.3 Å². The Bertz CT molecular complexity index is 1060. The van der Waals surface area contributed by atoms with E-state index in [-0.39, 0.29) is 17.7 Å². The van der Waals surface area contributed by atoms with Crippen molar-refractivity contribution in [3.8, 4) is 11.3 Å². The van der Waals surface area contributed by atoms with Crippen LogP contribution in [0.5, 0.6) is 0 Å². The molecule has 0 spiro atoms. The number of amides is 2. The third kappa shape index (κ3) is 4.24. The number of halogens is 1. The summed E-state index contributed by atoms with van der Waals surface area (Å²) in [5, 5.41) is 7.48. The molecule has 1 atom stereocenters. The summed E-state index contributed by atoms with van der Waals surface area (Å²) in [4.78, 5) is 27.1. The summed E-state index contributed by atoms with van der Waals surface area (Å²) in [7, 11) is 0. The number of carbonyl (C=O) groups is 2. The number of hydrogen-bond acceptors (Lipinski definition) is 4. The van der Waals surface area contributed by atoms with Gasteiger partial charge in [-0.2, -0.15) is 0 Å². The van der Waals surface area contributed by atoms with E-state index in [0.29, 0.717) is 53.7 Å². The quantitative estimate of drug-likeness (QED) is 0.648. The monoisotopic (exact) mass is 423 g/mol. The highest BCUT2D eigenvalue weighted by Gasteiger charge is 2.30. The molecule has 0 radical (unpaired) electrons. The van der Waals surface area contributed by atoms with Crippen molar-refractivity contribution in [2.24, 2.45) is 5.92 Å². The Morgan fingerprint density at radius 1 is 1.20 bits per heavy atom. The lowest BCUT2D eigenvalue weighted by molar-refractivity contribution is -0.128. The van der Waals surface area contributed by atoms with E-state index in [1.165, 1.54) is 0 Å². The molecule has 2 aromatic carbocycles. The number of benzene rings is 2. The van der Waals surface area contributed by atoms with Crippen molar-refractivity contribution >= 4 is 23.4 Å². The van der Waals surface area contributed by atoms with E-state index in [9.17, 15) is 9.59 Å². The molecule has 7 heteroatoms. The maximum atomic E-state index is 12.9. The lowest BCUT2D eigenvalue weighted by Crippen LogP contribution is -2.31. The number of aromatic nitrogens is 1. The second-order valence-corrected chi connectivity index (χ2v) is 7.89. The lowest BCUT2D eigenvalue weighted by atomic mass is 10.0. The van der Waals surface area contributed by atoms with E-state index in [1.54, 1.807) is 19.1 Å². The van der Waals surface area contributed by atoms with Gasteiger partial charge in [-0.3, -0.25) is 9.59 Å². The number of hydrogen-bond donors (Lipinski definition) is 1. The smallest absolute Gasteiger partial charge is 0.257 e. The Morgan fingerprint density at radius 2 is 1.93 bits per heavy atom. The van der Waals surface area contributed by atoms with Gasteiger partial charge in [0.25, 0.3) is 5.91 Å². The molecule has 2 amide bonds. The van der Waals surface area contributed by atoms with Crippen LogP contribution in [0.3, 0.4) is 0 Å². The summed E-state index contributed by atoms with van der Waals surface area (Å²) >= 11 is 6.27. The molecule has 154 valence electrons. The molecule has 1 unspecified atom stereocenters. The highest BCUT2D eigenvalue weighted by molar-refractivity contribution is 6.33. The molecular formula is C23H22ClN3O3. The molecule has 3 aromatic rings. The molecule has 1 fully saturated rings. The first-order valence-corrected chi connectivity index (χ1v) is 10.2. The molecule has 0 aliphatic carbocycles. The van der Waals surface area contributed by atoms with Crippen molar-refractivity contribution in [2.45, 2.75) is 19.9 Å². The van der Waals surface area contributed by atoms with E-state index in [1.807, 2.05) is 47.4 Å². The van der Waals surface area contributed by atoms with Crippen LogP contribution in [0.1, 0.15) is 28.1 Å². The third-order valence-corrected chi connectivity index (χ3v) is 5.61. The van der Waals surface area contributed by atoms with Gasteiger partial charge in [0.05, 0.1) is 5.02 Å². The standard InChI is InChI=1S/C23H22ClN3O3/c1-15-21(22(26-30-15)18-9-5-6-10-19(18)24)23(29)25-12-17-11-20(28)27(14-17)13-16-7-3-2-4-8-16/h2-10,17H,11-14H2,1H3,(H,25,29). The van der Waals surface area contributed by atoms with Crippen molar-refractivity contribution < 1.29 is 14.1 Å². The van der Waals surface area contributed by atoms with E-state index in [4.69, 9.17) is 16.1 Å². The Hall–Kier alpha value is -3.12. The number of nitrogens with one attached hydrogen (secondary N) is 1. The van der Waals surface area contributed by atoms with Crippen LogP contribution in [0.15, 0.2) is 59.1 Å². The van der Waals surface area contributed by atoms with Crippen LogP contribution in [0, 0.1) is 12.8 Å². The molecule has 0 saturated carbocycles. The number of nitrogens with zero attached hydrogens (tertiary/aromatic N) is 2. The molecule has 4 rings (SSSR count). The van der Waals surface area contributed by atoms with Crippen molar-refractivity contribution in [3.63, 3.8) is 0 Å². The van der Waals surface area contributed by atoms with Gasteiger partial charge in [-0.15, -0.1) is 0 Å². The normalized spacial score (nSPS) is 16.1. The maximum absolute atomic E-state index is 12.9. The Balaban J connectivity index is 1.41. The Kier molecular flexibility index (Phi) is 5.86. The topological polar surface area (TPSA) is 75.4 Å².